The summed E-state index contributed by atoms with van der Waals surface area (Å²) in [4.78, 5) is 63.3. The number of fused-ring (bicyclic) bond motifs is 1. The molecule has 2 N–H and O–H groups in total. The number of hydrogen-bond donors (Lipinski definition) is 2. The molecule has 1 aliphatic rings. The Balaban J connectivity index is 1.70. The average Bonchev–Trinajstić information content (AvgIpc) is 3.67. The number of nitrogens with zero attached hydrogens (tertiary/aromatic N) is 5. The molecule has 4 rings (SSSR count). The molecule has 1 unspecified atom stereocenters. The van der Waals surface area contributed by atoms with Crippen molar-refractivity contribution in [1.29, 1.82) is 5.26 Å². The van der Waals surface area contributed by atoms with Gasteiger partial charge in [-0.2, -0.15) is 10.2 Å². The lowest BCUT2D eigenvalue weighted by Crippen LogP contribution is -2.42. The van der Waals surface area contributed by atoms with Gasteiger partial charge in [-0.1, -0.05) is 45.9 Å². The summed E-state index contributed by atoms with van der Waals surface area (Å²) in [6, 6.07) is 10.8. The number of aromatic amines is 1. The van der Waals surface area contributed by atoms with Crippen LogP contribution >= 0.6 is 8.53 Å². The summed E-state index contributed by atoms with van der Waals surface area (Å²) in [5.74, 6) is -2.55. The van der Waals surface area contributed by atoms with E-state index in [-0.39, 0.29) is 55.4 Å². The Bertz CT molecular complexity index is 1780. The molecule has 0 spiro atoms. The van der Waals surface area contributed by atoms with Gasteiger partial charge in [-0.15, -0.1) is 0 Å². The summed E-state index contributed by atoms with van der Waals surface area (Å²) in [5, 5.41) is 11.7. The number of benzene rings is 1. The van der Waals surface area contributed by atoms with Gasteiger partial charge in [-0.05, 0) is 39.8 Å². The lowest BCUT2D eigenvalue weighted by Gasteiger charge is -2.36. The highest BCUT2D eigenvalue weighted by Crippen LogP contribution is 2.47. The molecular weight excluding hydrogens is 709 g/mol. The van der Waals surface area contributed by atoms with Crippen LogP contribution in [0.25, 0.3) is 11.2 Å². The molecule has 0 aliphatic carbocycles. The quantitative estimate of drug-likeness (QED) is 0.104. The molecule has 0 bridgehead atoms. The molecular formula is C35H48N7O10P. The van der Waals surface area contributed by atoms with Gasteiger partial charge in [0.2, 0.25) is 5.95 Å². The largest absolute Gasteiger partial charge is 0.484 e. The number of amides is 1. The zero-order valence-corrected chi connectivity index (χ0v) is 32.1. The van der Waals surface area contributed by atoms with Crippen LogP contribution in [-0.2, 0) is 37.6 Å². The first kappa shape index (κ1) is 41.3. The van der Waals surface area contributed by atoms with Gasteiger partial charge < -0.3 is 28.0 Å². The third kappa shape index (κ3) is 10.8. The molecule has 0 saturated carbocycles. The smallest absolute Gasteiger partial charge is 0.308 e. The zero-order valence-electron chi connectivity index (χ0n) is 31.2. The second-order valence-corrected chi connectivity index (χ2v) is 14.9. The number of nitrogens with one attached hydrogen (secondary N) is 2. The fraction of sp³-hybridized carbons (Fsp3) is 0.571. The van der Waals surface area contributed by atoms with Gasteiger partial charge in [-0.25, -0.2) is 9.65 Å². The predicted octanol–water partition coefficient (Wildman–Crippen LogP) is 4.46. The summed E-state index contributed by atoms with van der Waals surface area (Å²) in [6.07, 6.45) is -3.19. The number of carbonyl (C=O) groups is 3. The molecule has 5 atom stereocenters. The maximum absolute atomic E-state index is 13.1. The molecule has 18 heteroatoms. The third-order valence-electron chi connectivity index (χ3n) is 7.82. The second-order valence-electron chi connectivity index (χ2n) is 13.4. The number of para-hydroxylation sites is 1. The van der Waals surface area contributed by atoms with E-state index in [2.05, 4.69) is 26.3 Å². The highest BCUT2D eigenvalue weighted by atomic mass is 31.2. The fourth-order valence-electron chi connectivity index (χ4n) is 5.33. The SMILES string of the molecule is CC(C)C(=O)O[C@@H]1[C@H](OC(=O)C(C)C)[C@@H](COP(OCCC#N)N(C(C)C)C(C)C)O[C@H]1n1cnc2c(=O)[nH]c(NC(=O)COc3ccccc3)nc21. The summed E-state index contributed by atoms with van der Waals surface area (Å²) in [6.45, 7) is 14.2. The number of ether oxygens (including phenoxy) is 4. The van der Waals surface area contributed by atoms with Crippen LogP contribution in [-0.4, -0.2) is 92.3 Å². The summed E-state index contributed by atoms with van der Waals surface area (Å²) >= 11 is 0. The lowest BCUT2D eigenvalue weighted by atomic mass is 10.1. The van der Waals surface area contributed by atoms with E-state index in [1.807, 2.05) is 38.4 Å². The van der Waals surface area contributed by atoms with E-state index in [4.69, 9.17) is 33.3 Å². The standard InChI is InChI=1S/C35H48N7O10P/c1-20(2)33(45)51-28-25(17-49-53(48-16-12-15-36)42(22(5)6)23(7)8)50-32(29(28)52-34(46)21(3)4)41-19-37-27-30(41)39-35(40-31(27)44)38-26(43)18-47-24-13-10-9-11-14-24/h9-11,13-14,19-23,25,28-29,32H,12,16-18H2,1-8H3,(H2,38,39,40,43,44)/t25-,28-,29-,32-,53?/m1/s1. The monoisotopic (exact) mass is 757 g/mol. The van der Waals surface area contributed by atoms with Gasteiger partial charge >= 0.3 is 11.9 Å². The minimum Gasteiger partial charge on any atom is -0.484 e. The second kappa shape index (κ2) is 19.0. The van der Waals surface area contributed by atoms with Crippen molar-refractivity contribution in [2.75, 3.05) is 25.1 Å². The van der Waals surface area contributed by atoms with Crippen molar-refractivity contribution in [2.24, 2.45) is 11.8 Å². The van der Waals surface area contributed by atoms with E-state index >= 15 is 0 Å². The molecule has 1 amide bonds. The highest BCUT2D eigenvalue weighted by Gasteiger charge is 2.52. The van der Waals surface area contributed by atoms with Gasteiger partial charge in [-0.3, -0.25) is 34.0 Å². The number of carbonyl (C=O) groups excluding carboxylic acids is 3. The third-order valence-corrected chi connectivity index (χ3v) is 9.90. The molecule has 17 nitrogen and oxygen atoms in total. The Kier molecular flexibility index (Phi) is 14.8. The number of nitriles is 1. The summed E-state index contributed by atoms with van der Waals surface area (Å²) < 4.78 is 39.8. The minimum absolute atomic E-state index is 0.00740. The molecule has 1 aromatic carbocycles. The van der Waals surface area contributed by atoms with Gasteiger partial charge in [0.1, 0.15) is 11.9 Å². The van der Waals surface area contributed by atoms with Gasteiger partial charge in [0.25, 0.3) is 20.0 Å². The number of aromatic nitrogens is 4. The number of esters is 2. The van der Waals surface area contributed by atoms with E-state index < -0.39 is 68.3 Å². The van der Waals surface area contributed by atoms with E-state index in [0.717, 1.165) is 0 Å². The normalized spacial score (nSPS) is 19.2. The Morgan fingerprint density at radius 1 is 1.00 bits per heavy atom. The van der Waals surface area contributed by atoms with E-state index in [9.17, 15) is 19.2 Å². The van der Waals surface area contributed by atoms with Crippen molar-refractivity contribution in [3.63, 3.8) is 0 Å². The van der Waals surface area contributed by atoms with Crippen LogP contribution in [0.15, 0.2) is 41.5 Å². The molecule has 1 aliphatic heterocycles. The van der Waals surface area contributed by atoms with Crippen molar-refractivity contribution in [3.05, 3.63) is 47.0 Å². The minimum atomic E-state index is -1.72. The van der Waals surface area contributed by atoms with Crippen molar-refractivity contribution in [3.8, 4) is 11.8 Å². The molecule has 3 aromatic rings. The van der Waals surface area contributed by atoms with Gasteiger partial charge in [0.05, 0.1) is 43.9 Å². The van der Waals surface area contributed by atoms with Crippen molar-refractivity contribution >= 4 is 43.5 Å². The first-order valence-corrected chi connectivity index (χ1v) is 18.6. The molecule has 2 aromatic heterocycles. The van der Waals surface area contributed by atoms with E-state index in [1.54, 1.807) is 52.0 Å². The summed E-state index contributed by atoms with van der Waals surface area (Å²) in [7, 11) is -1.72. The van der Waals surface area contributed by atoms with Crippen LogP contribution in [0.2, 0.25) is 0 Å². The first-order valence-electron chi connectivity index (χ1n) is 17.4. The van der Waals surface area contributed by atoms with Crippen molar-refractivity contribution in [2.45, 2.75) is 98.4 Å². The number of hydrogen-bond acceptors (Lipinski definition) is 14. The predicted molar refractivity (Wildman–Crippen MR) is 193 cm³/mol. The number of H-pyrrole nitrogens is 1. The van der Waals surface area contributed by atoms with Crippen LogP contribution in [0.3, 0.4) is 0 Å². The van der Waals surface area contributed by atoms with E-state index in [1.165, 1.54) is 10.9 Å². The molecule has 288 valence electrons. The van der Waals surface area contributed by atoms with Crippen molar-refractivity contribution < 1.29 is 42.4 Å². The first-order chi connectivity index (χ1) is 25.2. The number of rotatable bonds is 18. The number of imidazole rings is 1. The molecule has 1 saturated heterocycles. The average molecular weight is 758 g/mol. The van der Waals surface area contributed by atoms with Crippen LogP contribution in [0, 0.1) is 23.2 Å². The molecule has 0 radical (unpaired) electrons. The lowest BCUT2D eigenvalue weighted by molar-refractivity contribution is -0.172. The molecule has 3 heterocycles. The van der Waals surface area contributed by atoms with Crippen molar-refractivity contribution in [1.82, 2.24) is 24.2 Å². The Morgan fingerprint density at radius 2 is 1.64 bits per heavy atom. The topological polar surface area (TPSA) is 209 Å². The van der Waals surface area contributed by atoms with Crippen LogP contribution < -0.4 is 15.6 Å². The number of anilines is 1. The maximum Gasteiger partial charge on any atom is 0.308 e. The van der Waals surface area contributed by atoms with E-state index in [0.29, 0.717) is 5.75 Å². The van der Waals surface area contributed by atoms with Gasteiger partial charge in [0.15, 0.2) is 36.2 Å². The highest BCUT2D eigenvalue weighted by molar-refractivity contribution is 7.44. The maximum atomic E-state index is 13.1. The zero-order chi connectivity index (χ0) is 38.8. The Morgan fingerprint density at radius 3 is 2.25 bits per heavy atom. The van der Waals surface area contributed by atoms with Crippen LogP contribution in [0.4, 0.5) is 5.95 Å². The van der Waals surface area contributed by atoms with Crippen LogP contribution in [0.5, 0.6) is 5.75 Å². The fourth-order valence-corrected chi connectivity index (χ4v) is 6.95. The molecule has 1 fully saturated rings. The van der Waals surface area contributed by atoms with Crippen LogP contribution in [0.1, 0.15) is 68.0 Å². The summed E-state index contributed by atoms with van der Waals surface area (Å²) in [5.41, 5.74) is -0.755. The molecule has 53 heavy (non-hydrogen) atoms. The van der Waals surface area contributed by atoms with Gasteiger partial charge in [0, 0.05) is 12.1 Å². The Labute approximate surface area is 309 Å². The Hall–Kier alpha value is -4.46.